The van der Waals surface area contributed by atoms with Gasteiger partial charge in [-0.15, -0.1) is 12.4 Å². The molecule has 3 heterocycles. The Labute approximate surface area is 145 Å². The zero-order valence-corrected chi connectivity index (χ0v) is 15.1. The zero-order valence-electron chi connectivity index (χ0n) is 14.3. The van der Waals surface area contributed by atoms with Crippen molar-refractivity contribution in [1.82, 2.24) is 20.0 Å². The molecule has 1 aromatic heterocycles. The van der Waals surface area contributed by atoms with Crippen LogP contribution in [0.2, 0.25) is 0 Å². The maximum Gasteiger partial charge on any atom is 0.274 e. The molecule has 1 N–H and O–H groups in total. The molecule has 23 heavy (non-hydrogen) atoms. The van der Waals surface area contributed by atoms with Gasteiger partial charge in [0, 0.05) is 25.8 Å². The van der Waals surface area contributed by atoms with Crippen molar-refractivity contribution < 1.29 is 4.79 Å². The van der Waals surface area contributed by atoms with Gasteiger partial charge in [-0.1, -0.05) is 13.8 Å². The summed E-state index contributed by atoms with van der Waals surface area (Å²) < 4.78 is 1.97. The molecule has 0 radical (unpaired) electrons. The minimum absolute atomic E-state index is 0. The van der Waals surface area contributed by atoms with E-state index in [1.807, 2.05) is 21.8 Å². The molecule has 1 aromatic rings. The molecule has 130 valence electrons. The van der Waals surface area contributed by atoms with Gasteiger partial charge in [0.25, 0.3) is 5.91 Å². The first-order valence-corrected chi connectivity index (χ1v) is 8.60. The quantitative estimate of drug-likeness (QED) is 0.900. The van der Waals surface area contributed by atoms with E-state index in [2.05, 4.69) is 24.3 Å². The molecule has 6 heteroatoms. The van der Waals surface area contributed by atoms with Crippen molar-refractivity contribution in [2.24, 2.45) is 5.41 Å². The number of aromatic nitrogens is 2. The Balaban J connectivity index is 0.00000192. The van der Waals surface area contributed by atoms with Crippen LogP contribution in [0, 0.1) is 5.41 Å². The Morgan fingerprint density at radius 2 is 2.13 bits per heavy atom. The predicted molar refractivity (Wildman–Crippen MR) is 94.2 cm³/mol. The van der Waals surface area contributed by atoms with E-state index in [4.69, 9.17) is 0 Å². The molecule has 2 aliphatic heterocycles. The van der Waals surface area contributed by atoms with Crippen molar-refractivity contribution in [3.63, 3.8) is 0 Å². The Morgan fingerprint density at radius 3 is 2.87 bits per heavy atom. The summed E-state index contributed by atoms with van der Waals surface area (Å²) in [5.41, 5.74) is 0.951. The number of piperidine rings is 1. The lowest BCUT2D eigenvalue weighted by Gasteiger charge is -2.23. The fourth-order valence-electron chi connectivity index (χ4n) is 3.50. The predicted octanol–water partition coefficient (Wildman–Crippen LogP) is 2.88. The van der Waals surface area contributed by atoms with Crippen LogP contribution in [0.4, 0.5) is 0 Å². The van der Waals surface area contributed by atoms with Gasteiger partial charge >= 0.3 is 0 Å². The molecule has 0 spiro atoms. The van der Waals surface area contributed by atoms with Gasteiger partial charge in [0.2, 0.25) is 0 Å². The Morgan fingerprint density at radius 1 is 1.30 bits per heavy atom. The van der Waals surface area contributed by atoms with Crippen molar-refractivity contribution in [2.45, 2.75) is 52.0 Å². The smallest absolute Gasteiger partial charge is 0.274 e. The Hall–Kier alpha value is -1.07. The monoisotopic (exact) mass is 340 g/mol. The summed E-state index contributed by atoms with van der Waals surface area (Å²) in [6, 6.07) is 2.27. The van der Waals surface area contributed by atoms with Crippen molar-refractivity contribution >= 4 is 18.3 Å². The third-order valence-electron chi connectivity index (χ3n) is 5.10. The molecule has 0 aliphatic carbocycles. The number of rotatable bonds is 2. The number of hydrogen-bond acceptors (Lipinski definition) is 3. The number of halogens is 1. The maximum absolute atomic E-state index is 12.7. The second-order valence-electron chi connectivity index (χ2n) is 7.49. The zero-order chi connectivity index (χ0) is 15.6. The van der Waals surface area contributed by atoms with Crippen molar-refractivity contribution in [3.8, 4) is 0 Å². The first kappa shape index (κ1) is 18.3. The van der Waals surface area contributed by atoms with Gasteiger partial charge < -0.3 is 10.2 Å². The van der Waals surface area contributed by atoms with Crippen LogP contribution in [-0.2, 0) is 0 Å². The van der Waals surface area contributed by atoms with Crippen LogP contribution in [0.25, 0.3) is 0 Å². The summed E-state index contributed by atoms with van der Waals surface area (Å²) in [5, 5.41) is 7.96. The van der Waals surface area contributed by atoms with E-state index < -0.39 is 0 Å². The number of carbonyl (C=O) groups excluding carboxylic acids is 1. The molecule has 5 nitrogen and oxygen atoms in total. The molecule has 2 fully saturated rings. The molecule has 0 aromatic carbocycles. The summed E-state index contributed by atoms with van der Waals surface area (Å²) in [6.07, 6.45) is 7.64. The Kier molecular flexibility index (Phi) is 6.09. The van der Waals surface area contributed by atoms with E-state index in [1.54, 1.807) is 0 Å². The summed E-state index contributed by atoms with van der Waals surface area (Å²) in [7, 11) is 0. The molecule has 3 rings (SSSR count). The molecule has 0 bridgehead atoms. The van der Waals surface area contributed by atoms with Crippen LogP contribution in [0.3, 0.4) is 0 Å². The van der Waals surface area contributed by atoms with Crippen LogP contribution in [0.15, 0.2) is 12.3 Å². The highest BCUT2D eigenvalue weighted by atomic mass is 35.5. The van der Waals surface area contributed by atoms with Crippen LogP contribution in [0.1, 0.15) is 62.5 Å². The molecule has 2 aliphatic rings. The van der Waals surface area contributed by atoms with Crippen LogP contribution >= 0.6 is 12.4 Å². The second-order valence-corrected chi connectivity index (χ2v) is 7.49. The fraction of sp³-hybridized carbons (Fsp3) is 0.765. The second kappa shape index (κ2) is 7.67. The van der Waals surface area contributed by atoms with E-state index >= 15 is 0 Å². The molecule has 0 saturated carbocycles. The van der Waals surface area contributed by atoms with Gasteiger partial charge in [0.15, 0.2) is 0 Å². The van der Waals surface area contributed by atoms with E-state index in [0.29, 0.717) is 17.2 Å². The molecule has 1 unspecified atom stereocenters. The number of likely N-dealkylation sites (tertiary alicyclic amines) is 1. The van der Waals surface area contributed by atoms with E-state index in [-0.39, 0.29) is 18.3 Å². The van der Waals surface area contributed by atoms with Gasteiger partial charge in [0.05, 0.1) is 6.04 Å². The topological polar surface area (TPSA) is 50.2 Å². The standard InChI is InChI=1S/C17H28N4O.ClH/c1-17(2)7-4-10-20(12-8-17)16(22)15-6-11-21(19-15)14-5-3-9-18-13-14;/h6,11,14,18H,3-5,7-10,12-13H2,1-2H3;1H. The number of nitrogens with zero attached hydrogens (tertiary/aromatic N) is 3. The summed E-state index contributed by atoms with van der Waals surface area (Å²) in [5.74, 6) is 0.0974. The fourth-order valence-corrected chi connectivity index (χ4v) is 3.50. The number of carbonyl (C=O) groups is 1. The summed E-state index contributed by atoms with van der Waals surface area (Å²) in [4.78, 5) is 14.7. The van der Waals surface area contributed by atoms with Crippen LogP contribution < -0.4 is 5.32 Å². The summed E-state index contributed by atoms with van der Waals surface area (Å²) in [6.45, 7) is 8.35. The highest BCUT2D eigenvalue weighted by Gasteiger charge is 2.27. The van der Waals surface area contributed by atoms with Crippen LogP contribution in [-0.4, -0.2) is 46.8 Å². The molecule has 1 amide bonds. The van der Waals surface area contributed by atoms with Gasteiger partial charge in [0.1, 0.15) is 5.69 Å². The van der Waals surface area contributed by atoms with Gasteiger partial charge in [-0.25, -0.2) is 0 Å². The van der Waals surface area contributed by atoms with E-state index in [0.717, 1.165) is 45.4 Å². The van der Waals surface area contributed by atoms with E-state index in [9.17, 15) is 4.79 Å². The lowest BCUT2D eigenvalue weighted by atomic mass is 9.85. The third-order valence-corrected chi connectivity index (χ3v) is 5.10. The van der Waals surface area contributed by atoms with Gasteiger partial charge in [-0.2, -0.15) is 5.10 Å². The van der Waals surface area contributed by atoms with Crippen molar-refractivity contribution in [2.75, 3.05) is 26.2 Å². The molecular formula is C17H29ClN4O. The van der Waals surface area contributed by atoms with Gasteiger partial charge in [-0.3, -0.25) is 9.48 Å². The highest BCUT2D eigenvalue weighted by Crippen LogP contribution is 2.30. The van der Waals surface area contributed by atoms with Crippen LogP contribution in [0.5, 0.6) is 0 Å². The normalized spacial score (nSPS) is 24.6. The summed E-state index contributed by atoms with van der Waals surface area (Å²) >= 11 is 0. The lowest BCUT2D eigenvalue weighted by molar-refractivity contribution is 0.0750. The average molecular weight is 341 g/mol. The maximum atomic E-state index is 12.7. The molecule has 1 atom stereocenters. The third kappa shape index (κ3) is 4.48. The Bertz CT molecular complexity index is 522. The number of nitrogens with one attached hydrogen (secondary N) is 1. The van der Waals surface area contributed by atoms with Gasteiger partial charge in [-0.05, 0) is 50.1 Å². The minimum atomic E-state index is 0. The largest absolute Gasteiger partial charge is 0.337 e. The molecular weight excluding hydrogens is 312 g/mol. The van der Waals surface area contributed by atoms with Crippen molar-refractivity contribution in [1.29, 1.82) is 0 Å². The van der Waals surface area contributed by atoms with Crippen molar-refractivity contribution in [3.05, 3.63) is 18.0 Å². The van der Waals surface area contributed by atoms with E-state index in [1.165, 1.54) is 12.8 Å². The minimum Gasteiger partial charge on any atom is -0.337 e. The first-order chi connectivity index (χ1) is 10.6. The first-order valence-electron chi connectivity index (χ1n) is 8.60. The number of hydrogen-bond donors (Lipinski definition) is 1. The SMILES string of the molecule is CC1(C)CCCN(C(=O)c2ccn(C3CCCNC3)n2)CC1.Cl. The average Bonchev–Trinajstić information content (AvgIpc) is 2.93. The molecule has 2 saturated heterocycles. The number of amides is 1. The highest BCUT2D eigenvalue weighted by molar-refractivity contribution is 5.92. The lowest BCUT2D eigenvalue weighted by Crippen LogP contribution is -2.34.